The first-order chi connectivity index (χ1) is 33.0. The minimum absolute atomic E-state index is 0.00526. The van der Waals surface area contributed by atoms with Gasteiger partial charge in [0.1, 0.15) is 0 Å². The SMILES string of the molecule is CCCCCCCCCCCCCCCCCCCC/C=C/C(O)C(CO)NC(=O)CCCCCCCCCCCCCCCCCCOC(=O)CCCCCCCCCCCCCCCC. The van der Waals surface area contributed by atoms with E-state index in [0.717, 1.165) is 44.9 Å². The molecule has 0 radical (unpaired) electrons. The molecule has 0 bridgehead atoms. The average Bonchev–Trinajstić information content (AvgIpc) is 3.33. The van der Waals surface area contributed by atoms with Crippen LogP contribution in [0.4, 0.5) is 0 Å². The van der Waals surface area contributed by atoms with Gasteiger partial charge in [-0.3, -0.25) is 9.59 Å². The number of hydrogen-bond donors (Lipinski definition) is 3. The predicted octanol–water partition coefficient (Wildman–Crippen LogP) is 18.9. The molecule has 0 saturated carbocycles. The zero-order valence-corrected chi connectivity index (χ0v) is 45.4. The summed E-state index contributed by atoms with van der Waals surface area (Å²) < 4.78 is 5.48. The van der Waals surface area contributed by atoms with Crippen molar-refractivity contribution in [2.24, 2.45) is 0 Å². The second kappa shape index (κ2) is 57.2. The van der Waals surface area contributed by atoms with Crippen molar-refractivity contribution in [3.05, 3.63) is 12.2 Å². The van der Waals surface area contributed by atoms with E-state index in [1.165, 1.54) is 270 Å². The summed E-state index contributed by atoms with van der Waals surface area (Å²) in [4.78, 5) is 24.5. The van der Waals surface area contributed by atoms with Crippen molar-refractivity contribution in [1.82, 2.24) is 5.32 Å². The number of amides is 1. The van der Waals surface area contributed by atoms with E-state index < -0.39 is 12.1 Å². The van der Waals surface area contributed by atoms with E-state index in [1.54, 1.807) is 6.08 Å². The van der Waals surface area contributed by atoms with E-state index >= 15 is 0 Å². The van der Waals surface area contributed by atoms with Crippen molar-refractivity contribution in [1.29, 1.82) is 0 Å². The zero-order chi connectivity index (χ0) is 48.6. The molecule has 6 nitrogen and oxygen atoms in total. The lowest BCUT2D eigenvalue weighted by atomic mass is 10.0. The van der Waals surface area contributed by atoms with Gasteiger partial charge < -0.3 is 20.3 Å². The van der Waals surface area contributed by atoms with Gasteiger partial charge in [-0.2, -0.15) is 0 Å². The maximum Gasteiger partial charge on any atom is 0.305 e. The van der Waals surface area contributed by atoms with Gasteiger partial charge in [0.15, 0.2) is 0 Å². The Bertz CT molecular complexity index is 1000. The molecule has 0 spiro atoms. The number of hydrogen-bond acceptors (Lipinski definition) is 5. The van der Waals surface area contributed by atoms with Gasteiger partial charge in [-0.25, -0.2) is 0 Å². The van der Waals surface area contributed by atoms with Crippen LogP contribution in [0.25, 0.3) is 0 Å². The first-order valence-corrected chi connectivity index (χ1v) is 30.5. The van der Waals surface area contributed by atoms with Crippen molar-refractivity contribution in [3.8, 4) is 0 Å². The first-order valence-electron chi connectivity index (χ1n) is 30.5. The van der Waals surface area contributed by atoms with E-state index in [9.17, 15) is 19.8 Å². The van der Waals surface area contributed by atoms with E-state index in [4.69, 9.17) is 4.74 Å². The number of rotatable bonds is 57. The topological polar surface area (TPSA) is 95.9 Å². The van der Waals surface area contributed by atoms with Crippen LogP contribution in [0.2, 0.25) is 0 Å². The second-order valence-electron chi connectivity index (χ2n) is 21.0. The molecule has 0 fully saturated rings. The predicted molar refractivity (Wildman–Crippen MR) is 292 cm³/mol. The summed E-state index contributed by atoms with van der Waals surface area (Å²) in [6, 6.07) is -0.633. The first kappa shape index (κ1) is 65.6. The van der Waals surface area contributed by atoms with Gasteiger partial charge in [0.05, 0.1) is 25.4 Å². The molecule has 2 unspecified atom stereocenters. The van der Waals surface area contributed by atoms with Crippen molar-refractivity contribution in [2.75, 3.05) is 13.2 Å². The highest BCUT2D eigenvalue weighted by atomic mass is 16.5. The number of aliphatic hydroxyl groups excluding tert-OH is 2. The molecule has 398 valence electrons. The summed E-state index contributed by atoms with van der Waals surface area (Å²) in [6.45, 7) is 4.92. The highest BCUT2D eigenvalue weighted by Crippen LogP contribution is 2.18. The summed E-state index contributed by atoms with van der Waals surface area (Å²) in [5.74, 6) is -0.0659. The third kappa shape index (κ3) is 53.8. The number of nitrogens with one attached hydrogen (secondary N) is 1. The number of ether oxygens (including phenoxy) is 1. The minimum Gasteiger partial charge on any atom is -0.466 e. The summed E-state index contributed by atoms with van der Waals surface area (Å²) in [5.41, 5.74) is 0. The molecule has 0 aromatic heterocycles. The van der Waals surface area contributed by atoms with Crippen LogP contribution >= 0.6 is 0 Å². The zero-order valence-electron chi connectivity index (χ0n) is 45.4. The number of aliphatic hydroxyl groups is 2. The number of allylic oxidation sites excluding steroid dienone is 1. The fourth-order valence-electron chi connectivity index (χ4n) is 9.64. The highest BCUT2D eigenvalue weighted by Gasteiger charge is 2.18. The Morgan fingerprint density at radius 1 is 0.403 bits per heavy atom. The third-order valence-electron chi connectivity index (χ3n) is 14.3. The summed E-state index contributed by atoms with van der Waals surface area (Å²) in [7, 11) is 0. The van der Waals surface area contributed by atoms with Crippen LogP contribution in [0.15, 0.2) is 12.2 Å². The molecule has 3 N–H and O–H groups in total. The van der Waals surface area contributed by atoms with Gasteiger partial charge in [0.25, 0.3) is 0 Å². The molecule has 0 rings (SSSR count). The lowest BCUT2D eigenvalue weighted by molar-refractivity contribution is -0.143. The van der Waals surface area contributed by atoms with Crippen LogP contribution in [-0.2, 0) is 14.3 Å². The van der Waals surface area contributed by atoms with Gasteiger partial charge in [0, 0.05) is 12.8 Å². The Hall–Kier alpha value is -1.40. The molecule has 6 heteroatoms. The monoisotopic (exact) mass is 946 g/mol. The normalized spacial score (nSPS) is 12.6. The van der Waals surface area contributed by atoms with Gasteiger partial charge in [-0.05, 0) is 32.1 Å². The van der Waals surface area contributed by atoms with Gasteiger partial charge in [0.2, 0.25) is 5.91 Å². The highest BCUT2D eigenvalue weighted by molar-refractivity contribution is 5.76. The van der Waals surface area contributed by atoms with E-state index in [1.807, 2.05) is 6.08 Å². The van der Waals surface area contributed by atoms with Gasteiger partial charge >= 0.3 is 5.97 Å². The van der Waals surface area contributed by atoms with Crippen LogP contribution in [0.1, 0.15) is 341 Å². The molecule has 0 aliphatic heterocycles. The van der Waals surface area contributed by atoms with E-state index in [2.05, 4.69) is 19.2 Å². The van der Waals surface area contributed by atoms with Crippen LogP contribution < -0.4 is 5.32 Å². The standard InChI is InChI=1S/C61H119NO5/c1-3-5-7-9-11-13-15-17-19-20-21-22-23-26-29-33-37-41-45-49-53-59(64)58(57-63)62-60(65)54-50-46-42-38-34-30-27-24-25-28-32-36-40-44-48-52-56-67-61(66)55-51-47-43-39-35-31-18-16-14-12-10-8-6-4-2/h49,53,58-59,63-64H,3-48,50-52,54-57H2,1-2H3,(H,62,65)/b53-49+. The lowest BCUT2D eigenvalue weighted by Gasteiger charge is -2.20. The van der Waals surface area contributed by atoms with Crippen LogP contribution in [0.3, 0.4) is 0 Å². The maximum atomic E-state index is 12.5. The molecule has 0 aliphatic carbocycles. The molecule has 0 aliphatic rings. The Balaban J connectivity index is 3.44. The van der Waals surface area contributed by atoms with Gasteiger partial charge in [-0.1, -0.05) is 309 Å². The fourth-order valence-corrected chi connectivity index (χ4v) is 9.64. The van der Waals surface area contributed by atoms with Gasteiger partial charge in [-0.15, -0.1) is 0 Å². The molecule has 1 amide bonds. The third-order valence-corrected chi connectivity index (χ3v) is 14.3. The largest absolute Gasteiger partial charge is 0.466 e. The molecule has 0 aromatic rings. The lowest BCUT2D eigenvalue weighted by Crippen LogP contribution is -2.45. The van der Waals surface area contributed by atoms with Crippen molar-refractivity contribution in [3.63, 3.8) is 0 Å². The maximum absolute atomic E-state index is 12.5. The summed E-state index contributed by atoms with van der Waals surface area (Å²) in [5, 5.41) is 23.2. The van der Waals surface area contributed by atoms with E-state index in [0.29, 0.717) is 19.4 Å². The summed E-state index contributed by atoms with van der Waals surface area (Å²) in [6.07, 6.45) is 68.1. The van der Waals surface area contributed by atoms with Crippen LogP contribution in [-0.4, -0.2) is 47.4 Å². The number of esters is 1. The second-order valence-corrected chi connectivity index (χ2v) is 21.0. The number of carbonyl (C=O) groups is 2. The molecule has 2 atom stereocenters. The quantitative estimate of drug-likeness (QED) is 0.0321. The Morgan fingerprint density at radius 3 is 1.01 bits per heavy atom. The Kier molecular flexibility index (Phi) is 56.0. The molecule has 0 heterocycles. The van der Waals surface area contributed by atoms with Crippen LogP contribution in [0.5, 0.6) is 0 Å². The molecule has 0 saturated heterocycles. The van der Waals surface area contributed by atoms with Crippen molar-refractivity contribution in [2.45, 2.75) is 353 Å². The smallest absolute Gasteiger partial charge is 0.305 e. The number of carbonyl (C=O) groups excluding carboxylic acids is 2. The average molecular weight is 947 g/mol. The molecule has 67 heavy (non-hydrogen) atoms. The van der Waals surface area contributed by atoms with Crippen molar-refractivity contribution < 1.29 is 24.5 Å². The van der Waals surface area contributed by atoms with E-state index in [-0.39, 0.29) is 18.5 Å². The van der Waals surface area contributed by atoms with Crippen molar-refractivity contribution >= 4 is 11.9 Å². The molecular weight excluding hydrogens is 827 g/mol. The summed E-state index contributed by atoms with van der Waals surface area (Å²) >= 11 is 0. The molecule has 0 aromatic carbocycles. The Morgan fingerprint density at radius 2 is 0.687 bits per heavy atom. The number of unbranched alkanes of at least 4 members (excludes halogenated alkanes) is 46. The fraction of sp³-hybridized carbons (Fsp3) is 0.934. The Labute approximate surface area is 419 Å². The van der Waals surface area contributed by atoms with Crippen LogP contribution in [0, 0.1) is 0 Å². The minimum atomic E-state index is -0.849. The molecular formula is C61H119NO5.